The van der Waals surface area contributed by atoms with Gasteiger partial charge in [-0.15, -0.1) is 0 Å². The predicted molar refractivity (Wildman–Crippen MR) is 127 cm³/mol. The highest BCUT2D eigenvalue weighted by Gasteiger charge is 2.17. The van der Waals surface area contributed by atoms with Crippen LogP contribution in [-0.4, -0.2) is 28.0 Å². The zero-order valence-electron chi connectivity index (χ0n) is 16.8. The smallest absolute Gasteiger partial charge is 0.165 e. The molecule has 30 heavy (non-hydrogen) atoms. The minimum absolute atomic E-state index is 0.439. The molecule has 1 aliphatic rings. The Kier molecular flexibility index (Phi) is 4.87. The van der Waals surface area contributed by atoms with Gasteiger partial charge in [-0.3, -0.25) is 0 Å². The van der Waals surface area contributed by atoms with Gasteiger partial charge in [0.2, 0.25) is 0 Å². The summed E-state index contributed by atoms with van der Waals surface area (Å²) in [5.41, 5.74) is 13.4. The third-order valence-corrected chi connectivity index (χ3v) is 6.20. The summed E-state index contributed by atoms with van der Waals surface area (Å²) in [7, 11) is 0. The van der Waals surface area contributed by atoms with Crippen LogP contribution in [0.3, 0.4) is 0 Å². The third kappa shape index (κ3) is 3.41. The Morgan fingerprint density at radius 2 is 1.80 bits per heavy atom. The van der Waals surface area contributed by atoms with E-state index in [0.29, 0.717) is 11.5 Å². The van der Waals surface area contributed by atoms with Crippen LogP contribution in [0.25, 0.3) is 33.4 Å². The second-order valence-corrected chi connectivity index (χ2v) is 8.63. The molecule has 0 atom stereocenters. The third-order valence-electron chi connectivity index (χ3n) is 5.71. The molecule has 4 aromatic rings. The van der Waals surface area contributed by atoms with Crippen LogP contribution < -0.4 is 10.6 Å². The van der Waals surface area contributed by atoms with Crippen molar-refractivity contribution in [2.75, 3.05) is 23.7 Å². The summed E-state index contributed by atoms with van der Waals surface area (Å²) in [5, 5.41) is 0.782. The number of pyridine rings is 1. The summed E-state index contributed by atoms with van der Waals surface area (Å²) in [6.45, 7) is 4.45. The molecule has 150 valence electrons. The van der Waals surface area contributed by atoms with Gasteiger partial charge in [-0.25, -0.2) is 15.0 Å². The molecule has 5 nitrogen and oxygen atoms in total. The molecule has 5 rings (SSSR count). The van der Waals surface area contributed by atoms with Crippen LogP contribution in [0.15, 0.2) is 59.3 Å². The zero-order chi connectivity index (χ0) is 20.7. The van der Waals surface area contributed by atoms with E-state index in [9.17, 15) is 0 Å². The molecule has 6 heteroatoms. The molecule has 1 fully saturated rings. The van der Waals surface area contributed by atoms with E-state index in [1.165, 1.54) is 30.4 Å². The van der Waals surface area contributed by atoms with Gasteiger partial charge in [0.25, 0.3) is 0 Å². The van der Waals surface area contributed by atoms with Crippen molar-refractivity contribution in [1.29, 1.82) is 0 Å². The number of halogens is 1. The number of fused-ring (bicyclic) bond motifs is 1. The van der Waals surface area contributed by atoms with E-state index in [4.69, 9.17) is 10.7 Å². The van der Waals surface area contributed by atoms with Crippen LogP contribution in [-0.2, 0) is 0 Å². The van der Waals surface area contributed by atoms with Gasteiger partial charge in [0.05, 0.1) is 11.1 Å². The molecular formula is C24H22BrN5. The number of nitrogens with two attached hydrogens (primary N) is 1. The molecule has 2 N–H and O–H groups in total. The molecule has 3 heterocycles. The average Bonchev–Trinajstić information content (AvgIpc) is 3.27. The van der Waals surface area contributed by atoms with Crippen molar-refractivity contribution < 1.29 is 0 Å². The average molecular weight is 460 g/mol. The molecule has 0 radical (unpaired) electrons. The van der Waals surface area contributed by atoms with Gasteiger partial charge >= 0.3 is 0 Å². The fraction of sp³-hybridized carbons (Fsp3) is 0.208. The summed E-state index contributed by atoms with van der Waals surface area (Å²) in [6.07, 6.45) is 4.01. The van der Waals surface area contributed by atoms with Crippen molar-refractivity contribution in [3.63, 3.8) is 0 Å². The highest BCUT2D eigenvalue weighted by Crippen LogP contribution is 2.36. The standard InChI is InChI=1S/C24H22BrN5/c1-15-11-17(7-8-21(15)30-9-2-3-10-30)20-13-19(16-5-4-6-18(25)12-16)22-23(26)27-14-28-24(22)29-20/h4-8,11-14H,2-3,9-10H2,1H3,(H2,26,27,28,29). The van der Waals surface area contributed by atoms with Crippen molar-refractivity contribution in [1.82, 2.24) is 15.0 Å². The Morgan fingerprint density at radius 1 is 0.967 bits per heavy atom. The van der Waals surface area contributed by atoms with Gasteiger partial charge in [-0.2, -0.15) is 0 Å². The molecule has 0 aliphatic carbocycles. The Balaban J connectivity index is 1.68. The van der Waals surface area contributed by atoms with E-state index < -0.39 is 0 Å². The quantitative estimate of drug-likeness (QED) is 0.430. The number of nitrogens with zero attached hydrogens (tertiary/aromatic N) is 4. The first-order valence-electron chi connectivity index (χ1n) is 10.1. The number of nitrogen functional groups attached to an aromatic ring is 1. The normalized spacial score (nSPS) is 13.9. The van der Waals surface area contributed by atoms with Crippen LogP contribution in [0.1, 0.15) is 18.4 Å². The second-order valence-electron chi connectivity index (χ2n) is 7.72. The van der Waals surface area contributed by atoms with Gasteiger partial charge in [-0.1, -0.05) is 34.1 Å². The van der Waals surface area contributed by atoms with Gasteiger partial charge < -0.3 is 10.6 Å². The number of rotatable bonds is 3. The summed E-state index contributed by atoms with van der Waals surface area (Å²) in [5.74, 6) is 0.439. The maximum atomic E-state index is 6.23. The first-order chi connectivity index (χ1) is 14.6. The lowest BCUT2D eigenvalue weighted by Crippen LogP contribution is -2.18. The van der Waals surface area contributed by atoms with Crippen molar-refractivity contribution in [3.05, 3.63) is 64.9 Å². The molecule has 1 aliphatic heterocycles. The van der Waals surface area contributed by atoms with Gasteiger partial charge in [0, 0.05) is 28.8 Å². The molecule has 0 spiro atoms. The fourth-order valence-electron chi connectivity index (χ4n) is 4.25. The first-order valence-corrected chi connectivity index (χ1v) is 10.9. The minimum Gasteiger partial charge on any atom is -0.383 e. The Morgan fingerprint density at radius 3 is 2.57 bits per heavy atom. The van der Waals surface area contributed by atoms with E-state index >= 15 is 0 Å². The lowest BCUT2D eigenvalue weighted by atomic mass is 9.99. The maximum absolute atomic E-state index is 6.23. The van der Waals surface area contributed by atoms with Crippen LogP contribution in [0.4, 0.5) is 11.5 Å². The van der Waals surface area contributed by atoms with Crippen molar-refractivity contribution in [2.24, 2.45) is 0 Å². The summed E-state index contributed by atoms with van der Waals surface area (Å²) in [4.78, 5) is 15.9. The van der Waals surface area contributed by atoms with Crippen LogP contribution >= 0.6 is 15.9 Å². The molecular weight excluding hydrogens is 438 g/mol. The molecule has 0 saturated carbocycles. The second kappa shape index (κ2) is 7.69. The number of aromatic nitrogens is 3. The Hall–Kier alpha value is -2.99. The van der Waals surface area contributed by atoms with E-state index in [1.54, 1.807) is 0 Å². The largest absolute Gasteiger partial charge is 0.383 e. The Labute approximate surface area is 184 Å². The van der Waals surface area contributed by atoms with Crippen molar-refractivity contribution >= 4 is 38.5 Å². The molecule has 0 unspecified atom stereocenters. The van der Waals surface area contributed by atoms with Gasteiger partial charge in [0.1, 0.15) is 12.1 Å². The first kappa shape index (κ1) is 19.0. The minimum atomic E-state index is 0.439. The molecule has 2 aromatic heterocycles. The van der Waals surface area contributed by atoms with Crippen LogP contribution in [0.2, 0.25) is 0 Å². The van der Waals surface area contributed by atoms with E-state index in [1.807, 2.05) is 12.1 Å². The lowest BCUT2D eigenvalue weighted by Gasteiger charge is -2.20. The summed E-state index contributed by atoms with van der Waals surface area (Å²) in [6, 6.07) is 16.9. The fourth-order valence-corrected chi connectivity index (χ4v) is 4.65. The number of aryl methyl sites for hydroxylation is 1. The van der Waals surface area contributed by atoms with Crippen LogP contribution in [0, 0.1) is 6.92 Å². The Bertz CT molecular complexity index is 1250. The topological polar surface area (TPSA) is 67.9 Å². The highest BCUT2D eigenvalue weighted by atomic mass is 79.9. The zero-order valence-corrected chi connectivity index (χ0v) is 18.4. The SMILES string of the molecule is Cc1cc(-c2cc(-c3cccc(Br)c3)c3c(N)ncnc3n2)ccc1N1CCCC1. The summed E-state index contributed by atoms with van der Waals surface area (Å²) < 4.78 is 1.01. The predicted octanol–water partition coefficient (Wildman–Crippen LogP) is 5.61. The van der Waals surface area contributed by atoms with Gasteiger partial charge in [-0.05, 0) is 66.8 Å². The van der Waals surface area contributed by atoms with E-state index in [0.717, 1.165) is 45.3 Å². The number of hydrogen-bond donors (Lipinski definition) is 1. The monoisotopic (exact) mass is 459 g/mol. The van der Waals surface area contributed by atoms with E-state index in [2.05, 4.69) is 74.1 Å². The molecule has 0 amide bonds. The molecule has 1 saturated heterocycles. The van der Waals surface area contributed by atoms with Crippen molar-refractivity contribution in [3.8, 4) is 22.4 Å². The molecule has 2 aromatic carbocycles. The number of hydrogen-bond acceptors (Lipinski definition) is 5. The highest BCUT2D eigenvalue weighted by molar-refractivity contribution is 9.10. The van der Waals surface area contributed by atoms with Crippen molar-refractivity contribution in [2.45, 2.75) is 19.8 Å². The van der Waals surface area contributed by atoms with Crippen LogP contribution in [0.5, 0.6) is 0 Å². The van der Waals surface area contributed by atoms with E-state index in [-0.39, 0.29) is 0 Å². The number of anilines is 2. The molecule has 0 bridgehead atoms. The lowest BCUT2D eigenvalue weighted by molar-refractivity contribution is 0.949. The summed E-state index contributed by atoms with van der Waals surface area (Å²) >= 11 is 3.57. The van der Waals surface area contributed by atoms with Gasteiger partial charge in [0.15, 0.2) is 5.65 Å². The number of benzene rings is 2. The maximum Gasteiger partial charge on any atom is 0.165 e.